The fraction of sp³-hybridized carbons (Fsp3) is 0.500. The summed E-state index contributed by atoms with van der Waals surface area (Å²) in [6.07, 6.45) is -0.171. The molecule has 0 radical (unpaired) electrons. The summed E-state index contributed by atoms with van der Waals surface area (Å²) in [5, 5.41) is 20.8. The zero-order chi connectivity index (χ0) is 21.6. The predicted octanol–water partition coefficient (Wildman–Crippen LogP) is 4.15. The minimum atomic E-state index is -4.59. The molecule has 0 amide bonds. The lowest BCUT2D eigenvalue weighted by Gasteiger charge is -2.18. The first-order valence-electron chi connectivity index (χ1n) is 9.89. The molecule has 164 valence electrons. The van der Waals surface area contributed by atoms with E-state index in [-0.39, 0.29) is 22.3 Å². The van der Waals surface area contributed by atoms with Gasteiger partial charge in [-0.2, -0.15) is 17.9 Å². The molecule has 2 aromatic heterocycles. The van der Waals surface area contributed by atoms with E-state index in [1.165, 1.54) is 23.9 Å². The normalized spacial score (nSPS) is 17.0. The Hall–Kier alpha value is -2.34. The third-order valence-corrected chi connectivity index (χ3v) is 6.48. The van der Waals surface area contributed by atoms with Crippen LogP contribution in [0.25, 0.3) is 5.69 Å². The Kier molecular flexibility index (Phi) is 5.29. The van der Waals surface area contributed by atoms with E-state index in [0.717, 1.165) is 60.6 Å². The largest absolute Gasteiger partial charge is 0.418 e. The number of aromatic nitrogens is 7. The van der Waals surface area contributed by atoms with Gasteiger partial charge in [0.2, 0.25) is 5.95 Å². The highest BCUT2D eigenvalue weighted by Crippen LogP contribution is 2.42. The lowest BCUT2D eigenvalue weighted by atomic mass is 10.1. The topological polar surface area (TPSA) is 77.5 Å². The van der Waals surface area contributed by atoms with Crippen molar-refractivity contribution >= 4 is 29.3 Å². The summed E-state index contributed by atoms with van der Waals surface area (Å²) in [5.41, 5.74) is -1.06. The van der Waals surface area contributed by atoms with E-state index in [1.807, 2.05) is 0 Å². The molecule has 31 heavy (non-hydrogen) atoms. The second-order valence-corrected chi connectivity index (χ2v) is 8.91. The molecule has 1 saturated heterocycles. The third-order valence-electron chi connectivity index (χ3n) is 5.30. The van der Waals surface area contributed by atoms with Crippen LogP contribution in [0.4, 0.5) is 19.1 Å². The molecule has 0 atom stereocenters. The van der Waals surface area contributed by atoms with Crippen LogP contribution in [0.3, 0.4) is 0 Å². The van der Waals surface area contributed by atoms with Crippen LogP contribution in [0.1, 0.15) is 43.1 Å². The zero-order valence-corrected chi connectivity index (χ0v) is 17.8. The van der Waals surface area contributed by atoms with Gasteiger partial charge in [-0.3, -0.25) is 4.57 Å². The first kappa shape index (κ1) is 20.6. The van der Waals surface area contributed by atoms with Gasteiger partial charge >= 0.3 is 6.18 Å². The van der Waals surface area contributed by atoms with E-state index in [0.29, 0.717) is 6.04 Å². The molecular formula is C18H18ClF3N8S. The zero-order valence-electron chi connectivity index (χ0n) is 16.3. The molecule has 1 aromatic carbocycles. The summed E-state index contributed by atoms with van der Waals surface area (Å²) < 4.78 is 43.8. The van der Waals surface area contributed by atoms with Gasteiger partial charge in [0.15, 0.2) is 11.0 Å². The highest BCUT2D eigenvalue weighted by molar-refractivity contribution is 7.98. The van der Waals surface area contributed by atoms with Crippen molar-refractivity contribution in [1.29, 1.82) is 0 Å². The summed E-state index contributed by atoms with van der Waals surface area (Å²) in [5.74, 6) is 1.41. The van der Waals surface area contributed by atoms with Crippen LogP contribution in [0, 0.1) is 0 Å². The summed E-state index contributed by atoms with van der Waals surface area (Å²) >= 11 is 7.16. The number of hydrogen-bond acceptors (Lipinski definition) is 7. The highest BCUT2D eigenvalue weighted by Gasteiger charge is 2.36. The number of anilines is 1. The second-order valence-electron chi connectivity index (χ2n) is 7.53. The van der Waals surface area contributed by atoms with E-state index in [9.17, 15) is 13.2 Å². The van der Waals surface area contributed by atoms with Crippen LogP contribution < -0.4 is 4.90 Å². The number of halogens is 4. The van der Waals surface area contributed by atoms with E-state index in [2.05, 4.69) is 35.2 Å². The van der Waals surface area contributed by atoms with Gasteiger partial charge in [-0.15, -0.1) is 15.3 Å². The molecule has 2 fully saturated rings. The van der Waals surface area contributed by atoms with E-state index in [4.69, 9.17) is 11.6 Å². The lowest BCUT2D eigenvalue weighted by molar-refractivity contribution is -0.137. The third kappa shape index (κ3) is 4.10. The molecule has 5 rings (SSSR count). The SMILES string of the molecule is FC(F)(F)c1cc(Cl)ccc1-n1nnnc1CSc1nnc(N2CCCC2)n1C1CC1. The van der Waals surface area contributed by atoms with Crippen molar-refractivity contribution in [2.24, 2.45) is 0 Å². The molecule has 0 spiro atoms. The second kappa shape index (κ2) is 7.97. The van der Waals surface area contributed by atoms with Gasteiger partial charge in [-0.25, -0.2) is 0 Å². The van der Waals surface area contributed by atoms with Crippen molar-refractivity contribution in [3.8, 4) is 5.69 Å². The maximum atomic E-state index is 13.5. The molecule has 3 aromatic rings. The van der Waals surface area contributed by atoms with Crippen LogP contribution in [0.2, 0.25) is 5.02 Å². The highest BCUT2D eigenvalue weighted by atomic mass is 35.5. The average Bonchev–Trinajstić information content (AvgIpc) is 3.13. The Morgan fingerprint density at radius 3 is 2.58 bits per heavy atom. The molecule has 0 N–H and O–H groups in total. The molecule has 0 unspecified atom stereocenters. The first-order chi connectivity index (χ1) is 14.9. The number of benzene rings is 1. The monoisotopic (exact) mass is 470 g/mol. The van der Waals surface area contributed by atoms with Crippen LogP contribution in [0.5, 0.6) is 0 Å². The van der Waals surface area contributed by atoms with Crippen molar-refractivity contribution in [1.82, 2.24) is 35.0 Å². The number of nitrogens with zero attached hydrogens (tertiary/aromatic N) is 8. The number of alkyl halides is 3. The minimum absolute atomic E-state index is 0.00736. The number of rotatable bonds is 6. The Bertz CT molecular complexity index is 1090. The van der Waals surface area contributed by atoms with E-state index < -0.39 is 11.7 Å². The fourth-order valence-electron chi connectivity index (χ4n) is 3.68. The smallest absolute Gasteiger partial charge is 0.341 e. The molecule has 8 nitrogen and oxygen atoms in total. The van der Waals surface area contributed by atoms with Crippen molar-refractivity contribution < 1.29 is 13.2 Å². The molecule has 2 aliphatic rings. The minimum Gasteiger partial charge on any atom is -0.341 e. The molecule has 3 heterocycles. The molecular weight excluding hydrogens is 453 g/mol. The Balaban J connectivity index is 1.42. The summed E-state index contributed by atoms with van der Waals surface area (Å²) in [6.45, 7) is 1.93. The van der Waals surface area contributed by atoms with Gasteiger partial charge in [0.1, 0.15) is 0 Å². The van der Waals surface area contributed by atoms with Crippen LogP contribution >= 0.6 is 23.4 Å². The lowest BCUT2D eigenvalue weighted by Crippen LogP contribution is -2.22. The summed E-state index contributed by atoms with van der Waals surface area (Å²) in [4.78, 5) is 2.24. The maximum absolute atomic E-state index is 13.5. The summed E-state index contributed by atoms with van der Waals surface area (Å²) in [7, 11) is 0. The van der Waals surface area contributed by atoms with Gasteiger partial charge in [-0.05, 0) is 54.3 Å². The predicted molar refractivity (Wildman–Crippen MR) is 108 cm³/mol. The molecule has 0 bridgehead atoms. The van der Waals surface area contributed by atoms with Gasteiger partial charge in [-0.1, -0.05) is 23.4 Å². The van der Waals surface area contributed by atoms with Gasteiger partial charge in [0.05, 0.1) is 17.0 Å². The molecule has 1 aliphatic heterocycles. The van der Waals surface area contributed by atoms with E-state index >= 15 is 0 Å². The van der Waals surface area contributed by atoms with Crippen molar-refractivity contribution in [3.05, 3.63) is 34.6 Å². The summed E-state index contributed by atoms with van der Waals surface area (Å²) in [6, 6.07) is 3.91. The molecule has 1 aliphatic carbocycles. The fourth-order valence-corrected chi connectivity index (χ4v) is 4.76. The van der Waals surface area contributed by atoms with Crippen LogP contribution in [-0.4, -0.2) is 48.1 Å². The van der Waals surface area contributed by atoms with Crippen molar-refractivity contribution in [3.63, 3.8) is 0 Å². The maximum Gasteiger partial charge on any atom is 0.418 e. The van der Waals surface area contributed by atoms with Crippen LogP contribution in [-0.2, 0) is 11.9 Å². The van der Waals surface area contributed by atoms with Gasteiger partial charge in [0, 0.05) is 24.2 Å². The quantitative estimate of drug-likeness (QED) is 0.501. The average molecular weight is 471 g/mol. The number of hydrogen-bond donors (Lipinski definition) is 0. The standard InChI is InChI=1S/C18H18ClF3N8S/c19-11-3-6-14(13(9-11)18(20,21)22)30-15(23-26-27-30)10-31-17-25-24-16(28-7-1-2-8-28)29(17)12-4-5-12/h3,6,9,12H,1-2,4-5,7-8,10H2. The number of tetrazole rings is 1. The molecule has 1 saturated carbocycles. The van der Waals surface area contributed by atoms with Crippen LogP contribution in [0.15, 0.2) is 23.4 Å². The van der Waals surface area contributed by atoms with Gasteiger partial charge < -0.3 is 4.90 Å². The van der Waals surface area contributed by atoms with Crippen molar-refractivity contribution in [2.45, 2.75) is 48.8 Å². The van der Waals surface area contributed by atoms with Crippen molar-refractivity contribution in [2.75, 3.05) is 18.0 Å². The first-order valence-corrected chi connectivity index (χ1v) is 11.2. The Morgan fingerprint density at radius 2 is 1.87 bits per heavy atom. The number of thioether (sulfide) groups is 1. The Morgan fingerprint density at radius 1 is 1.10 bits per heavy atom. The Labute approximate surface area is 184 Å². The van der Waals surface area contributed by atoms with E-state index in [1.54, 1.807) is 0 Å². The molecule has 13 heteroatoms. The van der Waals surface area contributed by atoms with Gasteiger partial charge in [0.25, 0.3) is 0 Å².